The Morgan fingerprint density at radius 1 is 0.550 bits per heavy atom. The van der Waals surface area contributed by atoms with Crippen molar-refractivity contribution in [3.05, 3.63) is 60.8 Å². The van der Waals surface area contributed by atoms with Gasteiger partial charge in [0, 0.05) is 12.5 Å². The number of carbonyl (C=O) groups excluding carboxylic acids is 2. The van der Waals surface area contributed by atoms with Gasteiger partial charge in [0.15, 0.2) is 6.10 Å². The molecule has 1 unspecified atom stereocenters. The molecule has 0 aliphatic heterocycles. The lowest BCUT2D eigenvalue weighted by Crippen LogP contribution is -2.37. The molecule has 1 N–H and O–H groups in total. The summed E-state index contributed by atoms with van der Waals surface area (Å²) in [4.78, 5) is 35.3. The van der Waals surface area contributed by atoms with Gasteiger partial charge < -0.3 is 18.9 Å². The molecule has 0 spiro atoms. The van der Waals surface area contributed by atoms with Crippen molar-refractivity contribution in [2.24, 2.45) is 0 Å². The highest BCUT2D eigenvalue weighted by atomic mass is 31.2. The number of phosphoric acid groups is 1. The highest BCUT2D eigenvalue weighted by molar-refractivity contribution is 7.47. The van der Waals surface area contributed by atoms with Crippen molar-refractivity contribution in [3.8, 4) is 0 Å². The summed E-state index contributed by atoms with van der Waals surface area (Å²) in [7, 11) is 1.39. The first-order chi connectivity index (χ1) is 29.0. The van der Waals surface area contributed by atoms with Crippen LogP contribution in [0.2, 0.25) is 0 Å². The van der Waals surface area contributed by atoms with Gasteiger partial charge in [-0.1, -0.05) is 223 Å². The first kappa shape index (κ1) is 57.7. The van der Waals surface area contributed by atoms with Crippen molar-refractivity contribution >= 4 is 19.8 Å². The molecule has 9 nitrogen and oxygen atoms in total. The second kappa shape index (κ2) is 42.0. The Morgan fingerprint density at radius 2 is 0.967 bits per heavy atom. The van der Waals surface area contributed by atoms with Crippen molar-refractivity contribution in [2.45, 2.75) is 200 Å². The van der Waals surface area contributed by atoms with E-state index in [9.17, 15) is 19.0 Å². The van der Waals surface area contributed by atoms with E-state index < -0.39 is 32.5 Å². The summed E-state index contributed by atoms with van der Waals surface area (Å²) in [6.07, 6.45) is 52.0. The summed E-state index contributed by atoms with van der Waals surface area (Å²) in [6, 6.07) is 0. The molecule has 0 radical (unpaired) electrons. The average Bonchev–Trinajstić information content (AvgIpc) is 3.20. The fraction of sp³-hybridized carbons (Fsp3) is 0.760. The van der Waals surface area contributed by atoms with Gasteiger partial charge in [-0.2, -0.15) is 0 Å². The predicted octanol–water partition coefficient (Wildman–Crippen LogP) is 14.0. The molecule has 0 aromatic heterocycles. The third-order valence-corrected chi connectivity index (χ3v) is 11.2. The number of esters is 2. The van der Waals surface area contributed by atoms with E-state index >= 15 is 0 Å². The van der Waals surface area contributed by atoms with Crippen LogP contribution < -0.4 is 0 Å². The number of allylic oxidation sites excluding steroid dienone is 9. The van der Waals surface area contributed by atoms with Gasteiger partial charge in [0.1, 0.15) is 19.8 Å². The number of rotatable bonds is 43. The Kier molecular flexibility index (Phi) is 40.4. The summed E-state index contributed by atoms with van der Waals surface area (Å²) in [5.41, 5.74) is 0. The molecule has 0 amide bonds. The van der Waals surface area contributed by atoms with Crippen molar-refractivity contribution in [3.63, 3.8) is 0 Å². The molecule has 0 heterocycles. The second-order valence-corrected chi connectivity index (χ2v) is 18.8. The van der Waals surface area contributed by atoms with Crippen LogP contribution in [0.4, 0.5) is 0 Å². The minimum atomic E-state index is -4.42. The van der Waals surface area contributed by atoms with E-state index in [4.69, 9.17) is 18.5 Å². The SMILES string of the molecule is CCCCCCCCCCC\C=C/C=C\C=C/C=C/C=CC(=O)O[C@H](COC(=O)CCCCCCCCCCCCCCCCCCC)COP(=O)(O)OCC[N+](C)(C)C. The van der Waals surface area contributed by atoms with Crippen molar-refractivity contribution in [1.82, 2.24) is 0 Å². The number of hydrogen-bond donors (Lipinski definition) is 1. The zero-order chi connectivity index (χ0) is 44.3. The maximum absolute atomic E-state index is 12.6. The Morgan fingerprint density at radius 3 is 1.43 bits per heavy atom. The third kappa shape index (κ3) is 45.2. The second-order valence-electron chi connectivity index (χ2n) is 17.3. The highest BCUT2D eigenvalue weighted by Crippen LogP contribution is 2.43. The molecule has 0 aliphatic rings. The van der Waals surface area contributed by atoms with Crippen LogP contribution in [0.25, 0.3) is 0 Å². The molecule has 10 heteroatoms. The summed E-state index contributed by atoms with van der Waals surface area (Å²) in [5, 5.41) is 0. The minimum Gasteiger partial charge on any atom is -0.462 e. The van der Waals surface area contributed by atoms with Crippen molar-refractivity contribution in [2.75, 3.05) is 47.5 Å². The predicted molar refractivity (Wildman–Crippen MR) is 252 cm³/mol. The van der Waals surface area contributed by atoms with Crippen LogP contribution >= 0.6 is 7.82 Å². The molecule has 0 fully saturated rings. The molecule has 0 saturated carbocycles. The van der Waals surface area contributed by atoms with E-state index in [2.05, 4.69) is 26.0 Å². The molecule has 348 valence electrons. The number of unbranched alkanes of at least 4 members (excludes halogenated alkanes) is 25. The number of likely N-dealkylation sites (N-methyl/N-ethyl adjacent to an activating group) is 1. The maximum atomic E-state index is 12.6. The van der Waals surface area contributed by atoms with E-state index in [0.29, 0.717) is 11.0 Å². The first-order valence-electron chi connectivity index (χ1n) is 24.1. The Balaban J connectivity index is 4.50. The van der Waals surface area contributed by atoms with Crippen LogP contribution in [0.1, 0.15) is 194 Å². The monoisotopic (exact) mass is 865 g/mol. The minimum absolute atomic E-state index is 0.00544. The molecule has 0 aromatic carbocycles. The molecule has 2 atom stereocenters. The number of quaternary nitrogens is 1. The standard InChI is InChI=1S/C50H90NO8P/c1-6-8-10-12-14-16-18-20-22-24-25-27-29-31-33-35-37-39-41-43-50(53)59-48(47-58-60(54,55)57-45-44-51(3,4)5)46-56-49(52)42-40-38-36-34-32-30-28-26-23-21-19-17-15-13-11-9-7-2/h25,27,29,31,33,35,37,39,41,43,48H,6-24,26,28,30,32,34,36,38,40,42,44-47H2,1-5H3/p+1/b27-25-,31-29-,35-33-,39-37+,43-41?/t48-/m1/s1. The summed E-state index contributed by atoms with van der Waals surface area (Å²) in [6.45, 7) is 4.25. The van der Waals surface area contributed by atoms with Crippen molar-refractivity contribution < 1.29 is 42.1 Å². The summed E-state index contributed by atoms with van der Waals surface area (Å²) < 4.78 is 34.1. The quantitative estimate of drug-likeness (QED) is 0.0161. The van der Waals surface area contributed by atoms with Gasteiger partial charge >= 0.3 is 19.8 Å². The highest BCUT2D eigenvalue weighted by Gasteiger charge is 2.26. The summed E-state index contributed by atoms with van der Waals surface area (Å²) in [5.74, 6) is -1.10. The fourth-order valence-corrected chi connectivity index (χ4v) is 7.22. The summed E-state index contributed by atoms with van der Waals surface area (Å²) >= 11 is 0. The molecular formula is C50H91NO8P+. The third-order valence-electron chi connectivity index (χ3n) is 10.3. The van der Waals surface area contributed by atoms with Crippen LogP contribution in [0, 0.1) is 0 Å². The Hall–Kier alpha value is -2.29. The van der Waals surface area contributed by atoms with E-state index in [0.717, 1.165) is 25.7 Å². The van der Waals surface area contributed by atoms with Gasteiger partial charge in [-0.3, -0.25) is 13.8 Å². The Bertz CT molecular complexity index is 1210. The zero-order valence-electron chi connectivity index (χ0n) is 39.2. The normalized spacial score (nSPS) is 14.0. The van der Waals surface area contributed by atoms with E-state index in [1.807, 2.05) is 45.4 Å². The number of carbonyl (C=O) groups is 2. The molecule has 0 bridgehead atoms. The molecule has 0 saturated heterocycles. The van der Waals surface area contributed by atoms with E-state index in [-0.39, 0.29) is 19.6 Å². The van der Waals surface area contributed by atoms with Gasteiger partial charge in [0.05, 0.1) is 27.7 Å². The van der Waals surface area contributed by atoms with E-state index in [1.54, 1.807) is 12.2 Å². The number of nitrogens with zero attached hydrogens (tertiary/aromatic N) is 1. The number of phosphoric ester groups is 1. The first-order valence-corrected chi connectivity index (χ1v) is 25.6. The van der Waals surface area contributed by atoms with Crippen LogP contribution in [0.3, 0.4) is 0 Å². The smallest absolute Gasteiger partial charge is 0.462 e. The zero-order valence-corrected chi connectivity index (χ0v) is 40.1. The van der Waals surface area contributed by atoms with Crippen LogP contribution in [-0.2, 0) is 32.7 Å². The topological polar surface area (TPSA) is 108 Å². The fourth-order valence-electron chi connectivity index (χ4n) is 6.48. The molecule has 60 heavy (non-hydrogen) atoms. The average molecular weight is 865 g/mol. The van der Waals surface area contributed by atoms with Gasteiger partial charge in [-0.05, 0) is 19.3 Å². The van der Waals surface area contributed by atoms with Gasteiger partial charge in [0.25, 0.3) is 0 Å². The van der Waals surface area contributed by atoms with Crippen LogP contribution in [0.5, 0.6) is 0 Å². The largest absolute Gasteiger partial charge is 0.472 e. The molecule has 0 rings (SSSR count). The molecule has 0 aliphatic carbocycles. The van der Waals surface area contributed by atoms with Gasteiger partial charge in [-0.15, -0.1) is 0 Å². The lowest BCUT2D eigenvalue weighted by Gasteiger charge is -2.24. The van der Waals surface area contributed by atoms with Gasteiger partial charge in [0.2, 0.25) is 0 Å². The Labute approximate surface area is 368 Å². The van der Waals surface area contributed by atoms with Crippen LogP contribution in [0.15, 0.2) is 60.8 Å². The lowest BCUT2D eigenvalue weighted by molar-refractivity contribution is -0.870. The van der Waals surface area contributed by atoms with Crippen molar-refractivity contribution in [1.29, 1.82) is 0 Å². The molecule has 0 aromatic rings. The lowest BCUT2D eigenvalue weighted by atomic mass is 10.0. The maximum Gasteiger partial charge on any atom is 0.472 e. The number of ether oxygens (including phenoxy) is 2. The van der Waals surface area contributed by atoms with Crippen LogP contribution in [-0.4, -0.2) is 74.9 Å². The van der Waals surface area contributed by atoms with E-state index in [1.165, 1.54) is 160 Å². The number of hydrogen-bond acceptors (Lipinski definition) is 7. The molecular weight excluding hydrogens is 774 g/mol. The van der Waals surface area contributed by atoms with Gasteiger partial charge in [-0.25, -0.2) is 9.36 Å².